The minimum Gasteiger partial charge on any atom is -0.457 e. The Morgan fingerprint density at radius 1 is 0.511 bits per heavy atom. The molecule has 0 amide bonds. The summed E-state index contributed by atoms with van der Waals surface area (Å²) in [6, 6.07) is 41.2. The molecular formula is C40H24N6O. The Balaban J connectivity index is 1.16. The maximum Gasteiger partial charge on any atom is 0.147 e. The second-order valence-electron chi connectivity index (χ2n) is 11.6. The molecule has 7 nitrogen and oxygen atoms in total. The number of imidazole rings is 2. The van der Waals surface area contributed by atoms with Crippen molar-refractivity contribution in [3.05, 3.63) is 146 Å². The molecule has 6 aromatic heterocycles. The molecule has 0 unspecified atom stereocenters. The number of pyridine rings is 4. The quantitative estimate of drug-likeness (QED) is 0.187. The van der Waals surface area contributed by atoms with E-state index in [0.29, 0.717) is 0 Å². The first-order chi connectivity index (χ1) is 23.3. The van der Waals surface area contributed by atoms with Crippen LogP contribution in [0.4, 0.5) is 0 Å². The molecule has 0 aliphatic rings. The molecule has 6 heterocycles. The lowest BCUT2D eigenvalue weighted by molar-refractivity contribution is 0.484. The SMILES string of the molecule is c1ccc(-c2ccc3c4ccc(Oc5ccc6c(c5)c5nccn5c5cccnc65)cc4c4ncc(-c5ccccc5)n4c3n2)cc1. The minimum atomic E-state index is 0.717. The van der Waals surface area contributed by atoms with E-state index >= 15 is 0 Å². The summed E-state index contributed by atoms with van der Waals surface area (Å²) >= 11 is 0. The van der Waals surface area contributed by atoms with E-state index in [-0.39, 0.29) is 0 Å². The number of hydrogen-bond acceptors (Lipinski definition) is 5. The number of aromatic nitrogens is 6. The Bertz CT molecular complexity index is 2820. The fraction of sp³-hybridized carbons (Fsp3) is 0. The van der Waals surface area contributed by atoms with E-state index < -0.39 is 0 Å². The lowest BCUT2D eigenvalue weighted by Gasteiger charge is -2.14. The zero-order chi connectivity index (χ0) is 30.9. The zero-order valence-electron chi connectivity index (χ0n) is 24.9. The average Bonchev–Trinajstić information content (AvgIpc) is 3.82. The molecule has 10 rings (SSSR count). The third-order valence-corrected chi connectivity index (χ3v) is 8.92. The van der Waals surface area contributed by atoms with Crippen molar-refractivity contribution in [1.82, 2.24) is 28.7 Å². The highest BCUT2D eigenvalue weighted by molar-refractivity contribution is 6.12. The summed E-state index contributed by atoms with van der Waals surface area (Å²) in [6.45, 7) is 0. The number of fused-ring (bicyclic) bond motifs is 12. The van der Waals surface area contributed by atoms with Gasteiger partial charge in [0.2, 0.25) is 0 Å². The first kappa shape index (κ1) is 25.7. The topological polar surface area (TPSA) is 69.6 Å². The van der Waals surface area contributed by atoms with E-state index in [9.17, 15) is 0 Å². The van der Waals surface area contributed by atoms with Gasteiger partial charge in [-0.1, -0.05) is 60.7 Å². The van der Waals surface area contributed by atoms with Crippen LogP contribution in [0.15, 0.2) is 146 Å². The maximum atomic E-state index is 6.55. The largest absolute Gasteiger partial charge is 0.457 e. The molecule has 4 aromatic carbocycles. The van der Waals surface area contributed by atoms with Crippen molar-refractivity contribution < 1.29 is 4.74 Å². The van der Waals surface area contributed by atoms with Gasteiger partial charge in [-0.15, -0.1) is 0 Å². The first-order valence-electron chi connectivity index (χ1n) is 15.5. The van der Waals surface area contributed by atoms with Crippen LogP contribution in [0.5, 0.6) is 11.5 Å². The van der Waals surface area contributed by atoms with Crippen LogP contribution in [-0.4, -0.2) is 28.7 Å². The van der Waals surface area contributed by atoms with Gasteiger partial charge in [-0.2, -0.15) is 0 Å². The Hall–Kier alpha value is -6.60. The van der Waals surface area contributed by atoms with Gasteiger partial charge < -0.3 is 4.74 Å². The molecule has 0 spiro atoms. The lowest BCUT2D eigenvalue weighted by Crippen LogP contribution is -1.98. The fourth-order valence-electron chi connectivity index (χ4n) is 6.78. The minimum absolute atomic E-state index is 0.717. The number of benzene rings is 4. The summed E-state index contributed by atoms with van der Waals surface area (Å²) in [4.78, 5) is 19.5. The van der Waals surface area contributed by atoms with E-state index in [2.05, 4.69) is 79.4 Å². The summed E-state index contributed by atoms with van der Waals surface area (Å²) in [7, 11) is 0. The molecule has 0 bridgehead atoms. The Morgan fingerprint density at radius 2 is 1.23 bits per heavy atom. The summed E-state index contributed by atoms with van der Waals surface area (Å²) in [5.74, 6) is 1.44. The standard InChI is InChI=1S/C40H24N6O/c1-3-8-25(9-4-1)34-18-17-31-29-15-13-27(22-32(29)39-43-24-36(46(39)40(31)44-34)26-10-5-2-6-11-26)47-28-14-16-30-33(23-28)38-42-20-21-45(38)35-12-7-19-41-37(30)35/h1-24H. The highest BCUT2D eigenvalue weighted by Gasteiger charge is 2.18. The van der Waals surface area contributed by atoms with Crippen LogP contribution in [0, 0.1) is 0 Å². The molecule has 0 atom stereocenters. The monoisotopic (exact) mass is 604 g/mol. The second kappa shape index (κ2) is 9.95. The summed E-state index contributed by atoms with van der Waals surface area (Å²) in [5, 5.41) is 5.10. The predicted octanol–water partition coefficient (Wildman–Crippen LogP) is 9.51. The second-order valence-corrected chi connectivity index (χ2v) is 11.6. The Labute approximate surface area is 268 Å². The van der Waals surface area contributed by atoms with E-state index in [1.165, 1.54) is 0 Å². The van der Waals surface area contributed by atoms with Gasteiger partial charge in [-0.25, -0.2) is 15.0 Å². The normalized spacial score (nSPS) is 11.8. The van der Waals surface area contributed by atoms with E-state index in [4.69, 9.17) is 14.7 Å². The van der Waals surface area contributed by atoms with Gasteiger partial charge in [-0.05, 0) is 66.0 Å². The van der Waals surface area contributed by atoms with Crippen LogP contribution in [0.2, 0.25) is 0 Å². The molecule has 47 heavy (non-hydrogen) atoms. The fourth-order valence-corrected chi connectivity index (χ4v) is 6.78. The predicted molar refractivity (Wildman–Crippen MR) is 187 cm³/mol. The maximum absolute atomic E-state index is 6.55. The van der Waals surface area contributed by atoms with Crippen molar-refractivity contribution >= 4 is 54.9 Å². The number of rotatable bonds is 4. The van der Waals surface area contributed by atoms with Gasteiger partial charge in [0.05, 0.1) is 28.6 Å². The molecule has 0 aliphatic heterocycles. The van der Waals surface area contributed by atoms with E-state index in [1.54, 1.807) is 0 Å². The van der Waals surface area contributed by atoms with E-state index in [0.717, 1.165) is 88.9 Å². The Morgan fingerprint density at radius 3 is 2.04 bits per heavy atom. The zero-order valence-corrected chi connectivity index (χ0v) is 24.9. The summed E-state index contributed by atoms with van der Waals surface area (Å²) in [5.41, 5.74) is 8.54. The van der Waals surface area contributed by atoms with Gasteiger partial charge >= 0.3 is 0 Å². The van der Waals surface area contributed by atoms with Crippen LogP contribution in [0.25, 0.3) is 77.4 Å². The highest BCUT2D eigenvalue weighted by Crippen LogP contribution is 2.37. The number of hydrogen-bond donors (Lipinski definition) is 0. The molecule has 0 aliphatic carbocycles. The molecular weight excluding hydrogens is 580 g/mol. The molecule has 10 aromatic rings. The van der Waals surface area contributed by atoms with Gasteiger partial charge in [0, 0.05) is 51.3 Å². The van der Waals surface area contributed by atoms with Crippen molar-refractivity contribution in [2.75, 3.05) is 0 Å². The molecule has 0 saturated carbocycles. The van der Waals surface area contributed by atoms with Crippen LogP contribution >= 0.6 is 0 Å². The molecule has 0 fully saturated rings. The van der Waals surface area contributed by atoms with Crippen molar-refractivity contribution in [1.29, 1.82) is 0 Å². The van der Waals surface area contributed by atoms with Crippen molar-refractivity contribution in [3.63, 3.8) is 0 Å². The third-order valence-electron chi connectivity index (χ3n) is 8.92. The van der Waals surface area contributed by atoms with Crippen molar-refractivity contribution in [2.45, 2.75) is 0 Å². The summed E-state index contributed by atoms with van der Waals surface area (Å²) < 4.78 is 10.8. The average molecular weight is 605 g/mol. The summed E-state index contributed by atoms with van der Waals surface area (Å²) in [6.07, 6.45) is 7.55. The van der Waals surface area contributed by atoms with Crippen LogP contribution in [0.1, 0.15) is 0 Å². The highest BCUT2D eigenvalue weighted by atomic mass is 16.5. The molecule has 7 heteroatoms. The van der Waals surface area contributed by atoms with Crippen LogP contribution < -0.4 is 4.74 Å². The molecule has 0 N–H and O–H groups in total. The van der Waals surface area contributed by atoms with Gasteiger partial charge in [0.1, 0.15) is 28.4 Å². The smallest absolute Gasteiger partial charge is 0.147 e. The van der Waals surface area contributed by atoms with Gasteiger partial charge in [-0.3, -0.25) is 13.8 Å². The van der Waals surface area contributed by atoms with Crippen molar-refractivity contribution in [2.24, 2.45) is 0 Å². The number of ether oxygens (including phenoxy) is 1. The lowest BCUT2D eigenvalue weighted by atomic mass is 10.1. The van der Waals surface area contributed by atoms with E-state index in [1.807, 2.05) is 85.5 Å². The molecule has 0 radical (unpaired) electrons. The first-order valence-corrected chi connectivity index (χ1v) is 15.5. The molecule has 0 saturated heterocycles. The van der Waals surface area contributed by atoms with Gasteiger partial charge in [0.25, 0.3) is 0 Å². The van der Waals surface area contributed by atoms with Crippen LogP contribution in [0.3, 0.4) is 0 Å². The number of nitrogens with zero attached hydrogens (tertiary/aromatic N) is 6. The third kappa shape index (κ3) is 3.93. The van der Waals surface area contributed by atoms with Gasteiger partial charge in [0.15, 0.2) is 0 Å². The van der Waals surface area contributed by atoms with Crippen LogP contribution in [-0.2, 0) is 0 Å². The molecule has 220 valence electrons. The Kier molecular flexibility index (Phi) is 5.44. The van der Waals surface area contributed by atoms with Crippen molar-refractivity contribution in [3.8, 4) is 34.0 Å².